The molecular formula is C5H3ClN2O3. The molecule has 5 nitrogen and oxygen atoms in total. The van der Waals surface area contributed by atoms with E-state index in [9.17, 15) is 9.59 Å². The van der Waals surface area contributed by atoms with Gasteiger partial charge in [0.05, 0.1) is 0 Å². The Morgan fingerprint density at radius 3 is 2.82 bits per heavy atom. The molecule has 0 saturated heterocycles. The molecule has 6 heteroatoms. The van der Waals surface area contributed by atoms with Gasteiger partial charge in [-0.1, -0.05) is 11.6 Å². The normalized spacial score (nSPS) is 9.55. The fourth-order valence-electron chi connectivity index (χ4n) is 0.537. The number of halogens is 1. The maximum atomic E-state index is 10.5. The van der Waals surface area contributed by atoms with E-state index in [1.54, 1.807) is 0 Å². The molecule has 0 fully saturated rings. The second kappa shape index (κ2) is 2.71. The van der Waals surface area contributed by atoms with Gasteiger partial charge in [-0.15, -0.1) is 0 Å². The average molecular weight is 175 g/mol. The molecule has 0 aromatic carbocycles. The SMILES string of the molecule is O=C(O)c1cc(Cl)[nH]c(=O)n1. The van der Waals surface area contributed by atoms with Crippen LogP contribution in [0.1, 0.15) is 10.5 Å². The summed E-state index contributed by atoms with van der Waals surface area (Å²) in [7, 11) is 0. The first-order valence-corrected chi connectivity index (χ1v) is 2.97. The predicted molar refractivity (Wildman–Crippen MR) is 36.8 cm³/mol. The monoisotopic (exact) mass is 174 g/mol. The summed E-state index contributed by atoms with van der Waals surface area (Å²) in [6.45, 7) is 0. The summed E-state index contributed by atoms with van der Waals surface area (Å²) in [6.07, 6.45) is 0. The highest BCUT2D eigenvalue weighted by Crippen LogP contribution is 2.01. The third-order valence-electron chi connectivity index (χ3n) is 0.931. The first kappa shape index (κ1) is 7.74. The molecule has 0 saturated carbocycles. The third kappa shape index (κ3) is 1.78. The van der Waals surface area contributed by atoms with Gasteiger partial charge in [-0.3, -0.25) is 4.98 Å². The maximum absolute atomic E-state index is 10.5. The Bertz CT molecular complexity index is 346. The minimum absolute atomic E-state index is 0.0394. The number of H-pyrrole nitrogens is 1. The number of hydrogen-bond donors (Lipinski definition) is 2. The van der Waals surface area contributed by atoms with E-state index >= 15 is 0 Å². The fraction of sp³-hybridized carbons (Fsp3) is 0. The van der Waals surface area contributed by atoms with Crippen LogP contribution in [0, 0.1) is 0 Å². The van der Waals surface area contributed by atoms with Crippen molar-refractivity contribution in [2.24, 2.45) is 0 Å². The highest BCUT2D eigenvalue weighted by Gasteiger charge is 2.05. The van der Waals surface area contributed by atoms with Crippen LogP contribution in [0.25, 0.3) is 0 Å². The molecule has 0 aliphatic carbocycles. The molecule has 0 bridgehead atoms. The number of hydrogen-bond acceptors (Lipinski definition) is 3. The van der Waals surface area contributed by atoms with Crippen LogP contribution in [-0.2, 0) is 0 Å². The highest BCUT2D eigenvalue weighted by atomic mass is 35.5. The number of nitrogens with one attached hydrogen (secondary N) is 1. The lowest BCUT2D eigenvalue weighted by atomic mass is 10.4. The maximum Gasteiger partial charge on any atom is 0.354 e. The third-order valence-corrected chi connectivity index (χ3v) is 1.13. The lowest BCUT2D eigenvalue weighted by Gasteiger charge is -1.91. The fourth-order valence-corrected chi connectivity index (χ4v) is 0.722. The minimum atomic E-state index is -1.28. The number of aromatic nitrogens is 2. The summed E-state index contributed by atoms with van der Waals surface area (Å²) in [5, 5.41) is 8.32. The van der Waals surface area contributed by atoms with Gasteiger partial charge in [0, 0.05) is 6.07 Å². The summed E-state index contributed by atoms with van der Waals surface area (Å²) in [4.78, 5) is 26.0. The van der Waals surface area contributed by atoms with Crippen molar-refractivity contribution in [1.29, 1.82) is 0 Å². The second-order valence-electron chi connectivity index (χ2n) is 1.72. The molecule has 1 aromatic rings. The van der Waals surface area contributed by atoms with Gasteiger partial charge in [0.1, 0.15) is 5.15 Å². The van der Waals surface area contributed by atoms with Crippen molar-refractivity contribution in [3.8, 4) is 0 Å². The molecule has 11 heavy (non-hydrogen) atoms. The van der Waals surface area contributed by atoms with Crippen molar-refractivity contribution in [3.05, 3.63) is 27.4 Å². The molecule has 0 atom stereocenters. The van der Waals surface area contributed by atoms with E-state index in [2.05, 4.69) is 9.97 Å². The number of carbonyl (C=O) groups is 1. The van der Waals surface area contributed by atoms with Crippen molar-refractivity contribution in [2.75, 3.05) is 0 Å². The van der Waals surface area contributed by atoms with Gasteiger partial charge in [-0.05, 0) is 0 Å². The molecule has 1 aromatic heterocycles. The molecular weight excluding hydrogens is 172 g/mol. The number of carboxylic acids is 1. The minimum Gasteiger partial charge on any atom is -0.477 e. The van der Waals surface area contributed by atoms with E-state index in [0.29, 0.717) is 0 Å². The molecule has 1 rings (SSSR count). The van der Waals surface area contributed by atoms with Gasteiger partial charge in [0.2, 0.25) is 0 Å². The Hall–Kier alpha value is -1.36. The van der Waals surface area contributed by atoms with Gasteiger partial charge in [0.15, 0.2) is 5.69 Å². The lowest BCUT2D eigenvalue weighted by Crippen LogP contribution is -2.15. The molecule has 1 heterocycles. The van der Waals surface area contributed by atoms with E-state index in [4.69, 9.17) is 16.7 Å². The summed E-state index contributed by atoms with van der Waals surface area (Å²) in [6, 6.07) is 1.06. The van der Waals surface area contributed by atoms with Gasteiger partial charge in [-0.2, -0.15) is 4.98 Å². The van der Waals surface area contributed by atoms with Gasteiger partial charge in [-0.25, -0.2) is 9.59 Å². The summed E-state index contributed by atoms with van der Waals surface area (Å²) >= 11 is 5.34. The number of rotatable bonds is 1. The number of aromatic amines is 1. The molecule has 0 aliphatic heterocycles. The number of aromatic carboxylic acids is 1. The average Bonchev–Trinajstić information content (AvgIpc) is 1.85. The Labute approximate surface area is 65.7 Å². The molecule has 0 radical (unpaired) electrons. The molecule has 58 valence electrons. The van der Waals surface area contributed by atoms with Crippen molar-refractivity contribution in [3.63, 3.8) is 0 Å². The number of nitrogens with zero attached hydrogens (tertiary/aromatic N) is 1. The van der Waals surface area contributed by atoms with Gasteiger partial charge in [0.25, 0.3) is 0 Å². The first-order valence-electron chi connectivity index (χ1n) is 2.60. The van der Waals surface area contributed by atoms with E-state index < -0.39 is 11.7 Å². The zero-order chi connectivity index (χ0) is 8.43. The van der Waals surface area contributed by atoms with Crippen LogP contribution in [0.3, 0.4) is 0 Å². The predicted octanol–water partition coefficient (Wildman–Crippen LogP) is 0.121. The lowest BCUT2D eigenvalue weighted by molar-refractivity contribution is 0.0690. The Morgan fingerprint density at radius 2 is 2.36 bits per heavy atom. The van der Waals surface area contributed by atoms with Crippen molar-refractivity contribution in [1.82, 2.24) is 9.97 Å². The van der Waals surface area contributed by atoms with E-state index in [0.717, 1.165) is 6.07 Å². The van der Waals surface area contributed by atoms with Crippen molar-refractivity contribution in [2.45, 2.75) is 0 Å². The second-order valence-corrected chi connectivity index (χ2v) is 2.13. The zero-order valence-electron chi connectivity index (χ0n) is 5.17. The summed E-state index contributed by atoms with van der Waals surface area (Å²) in [5.41, 5.74) is -1.13. The summed E-state index contributed by atoms with van der Waals surface area (Å²) < 4.78 is 0. The topological polar surface area (TPSA) is 83.0 Å². The van der Waals surface area contributed by atoms with E-state index in [-0.39, 0.29) is 10.8 Å². The summed E-state index contributed by atoms with van der Waals surface area (Å²) in [5.74, 6) is -1.28. The highest BCUT2D eigenvalue weighted by molar-refractivity contribution is 6.29. The molecule has 0 spiro atoms. The Morgan fingerprint density at radius 1 is 1.73 bits per heavy atom. The van der Waals surface area contributed by atoms with Gasteiger partial charge >= 0.3 is 11.7 Å². The quantitative estimate of drug-likeness (QED) is 0.593. The van der Waals surface area contributed by atoms with Crippen LogP contribution in [0.5, 0.6) is 0 Å². The molecule has 2 N–H and O–H groups in total. The van der Waals surface area contributed by atoms with E-state index in [1.807, 2.05) is 0 Å². The van der Waals surface area contributed by atoms with Crippen LogP contribution >= 0.6 is 11.6 Å². The molecule has 0 unspecified atom stereocenters. The molecule has 0 amide bonds. The number of carboxylic acid groups (broad SMARTS) is 1. The van der Waals surface area contributed by atoms with Crippen molar-refractivity contribution < 1.29 is 9.90 Å². The van der Waals surface area contributed by atoms with Crippen LogP contribution in [-0.4, -0.2) is 21.0 Å². The van der Waals surface area contributed by atoms with Crippen LogP contribution in [0.4, 0.5) is 0 Å². The first-order chi connectivity index (χ1) is 5.09. The van der Waals surface area contributed by atoms with Crippen LogP contribution in [0.2, 0.25) is 5.15 Å². The van der Waals surface area contributed by atoms with Crippen molar-refractivity contribution >= 4 is 17.6 Å². The zero-order valence-corrected chi connectivity index (χ0v) is 5.92. The van der Waals surface area contributed by atoms with Crippen LogP contribution < -0.4 is 5.69 Å². The Kier molecular flexibility index (Phi) is 1.91. The van der Waals surface area contributed by atoms with Crippen LogP contribution in [0.15, 0.2) is 10.9 Å². The van der Waals surface area contributed by atoms with Gasteiger partial charge < -0.3 is 5.11 Å². The largest absolute Gasteiger partial charge is 0.477 e. The van der Waals surface area contributed by atoms with E-state index in [1.165, 1.54) is 0 Å². The Balaban J connectivity index is 3.30. The standard InChI is InChI=1S/C5H3ClN2O3/c6-3-1-2(4(9)10)7-5(11)8-3/h1H,(H,9,10)(H,7,8,11). The smallest absolute Gasteiger partial charge is 0.354 e. The molecule has 0 aliphatic rings.